The average molecular weight is 474 g/mol. The maximum atomic E-state index is 7.75. The molecular weight excluding hydrogens is 461 g/mol. The molecule has 0 aromatic rings. The standard InChI is InChI=1S/C3H9P.3CHO.Fe.2HI/c1-4(2)3;3*1-2;;;/h1-3H3;3*1H;;2*1H/q;3*-1;+2;;/p-1. The van der Waals surface area contributed by atoms with Crippen molar-refractivity contribution in [3.8, 4) is 0 Å². The summed E-state index contributed by atoms with van der Waals surface area (Å²) < 4.78 is 0. The Hall–Kier alpha value is 1.42. The van der Waals surface area contributed by atoms with Gasteiger partial charge in [-0.25, -0.2) is 0 Å². The fourth-order valence-corrected chi connectivity index (χ4v) is 0. The van der Waals surface area contributed by atoms with Gasteiger partial charge in [0.2, 0.25) is 0 Å². The monoisotopic (exact) mass is 474 g/mol. The Labute approximate surface area is 111 Å². The van der Waals surface area contributed by atoms with Crippen LogP contribution in [0.3, 0.4) is 0 Å². The van der Waals surface area contributed by atoms with Gasteiger partial charge in [0.15, 0.2) is 0 Å². The van der Waals surface area contributed by atoms with Crippen LogP contribution in [-0.4, -0.2) is 40.4 Å². The summed E-state index contributed by atoms with van der Waals surface area (Å²) in [6.07, 6.45) is 0. The Bertz CT molecular complexity index is 55.6. The van der Waals surface area contributed by atoms with Gasteiger partial charge in [0, 0.05) is 20.0 Å². The molecular formula is C6H13FeI2O3P-2. The van der Waals surface area contributed by atoms with Crippen molar-refractivity contribution < 1.29 is 22.8 Å². The van der Waals surface area contributed by atoms with Gasteiger partial charge in [-0.3, -0.25) is 20.4 Å². The van der Waals surface area contributed by atoms with Gasteiger partial charge in [0.25, 0.3) is 0 Å². The second-order valence-electron chi connectivity index (χ2n) is 1.55. The first kappa shape index (κ1) is 29.3. The van der Waals surface area contributed by atoms with E-state index in [9.17, 15) is 0 Å². The third kappa shape index (κ3) is 868. The minimum absolute atomic E-state index is 0.120. The van der Waals surface area contributed by atoms with E-state index in [0.29, 0.717) is 0 Å². The van der Waals surface area contributed by atoms with E-state index in [0.717, 1.165) is 0 Å². The summed E-state index contributed by atoms with van der Waals surface area (Å²) in [6.45, 7) is 16.6. The zero-order valence-corrected chi connectivity index (χ0v) is 14.0. The summed E-state index contributed by atoms with van der Waals surface area (Å²) in [6, 6.07) is 0. The summed E-state index contributed by atoms with van der Waals surface area (Å²) in [7, 11) is 1.31. The van der Waals surface area contributed by atoms with Crippen molar-refractivity contribution in [2.24, 2.45) is 0 Å². The SMILES string of the molecule is C[PH+](C)C.[CH-]=O.[CH-]=O.[CH-]=O.[I][Fe][I]. The molecule has 0 aromatic heterocycles. The Balaban J connectivity index is -0.0000000215. The molecule has 84 valence electrons. The predicted molar refractivity (Wildman–Crippen MR) is 74.4 cm³/mol. The van der Waals surface area contributed by atoms with E-state index in [4.69, 9.17) is 14.4 Å². The molecule has 0 atom stereocenters. The van der Waals surface area contributed by atoms with Crippen LogP contribution in [0.5, 0.6) is 0 Å². The van der Waals surface area contributed by atoms with Gasteiger partial charge in [-0.05, 0) is 7.92 Å². The molecule has 0 aliphatic carbocycles. The normalized spacial score (nSPS) is 5.38. The molecule has 7 heteroatoms. The summed E-state index contributed by atoms with van der Waals surface area (Å²) in [4.78, 5) is 23.2. The fourth-order valence-electron chi connectivity index (χ4n) is 0. The van der Waals surface area contributed by atoms with Crippen molar-refractivity contribution in [2.45, 2.75) is 0 Å². The molecule has 0 bridgehead atoms. The molecule has 0 radical (unpaired) electrons. The Kier molecular flexibility index (Phi) is 159. The Morgan fingerprint density at radius 1 is 0.846 bits per heavy atom. The third-order valence-electron chi connectivity index (χ3n) is 0. The number of carbonyl (C=O) groups excluding carboxylic acids is 3. The summed E-state index contributed by atoms with van der Waals surface area (Å²) >= 11 is 4.55. The summed E-state index contributed by atoms with van der Waals surface area (Å²) in [5.74, 6) is 0. The van der Waals surface area contributed by atoms with Crippen molar-refractivity contribution in [3.63, 3.8) is 0 Å². The zero-order chi connectivity index (χ0) is 12.3. The van der Waals surface area contributed by atoms with Gasteiger partial charge < -0.3 is 14.4 Å². The minimum atomic E-state index is 0.120. The van der Waals surface area contributed by atoms with Crippen LogP contribution < -0.4 is 0 Å². The Morgan fingerprint density at radius 2 is 0.846 bits per heavy atom. The van der Waals surface area contributed by atoms with Crippen molar-refractivity contribution in [3.05, 3.63) is 0 Å². The van der Waals surface area contributed by atoms with Crippen molar-refractivity contribution in [1.82, 2.24) is 0 Å². The predicted octanol–water partition coefficient (Wildman–Crippen LogP) is 2.04. The molecule has 0 saturated heterocycles. The maximum absolute atomic E-state index is 7.75. The quantitative estimate of drug-likeness (QED) is 0.178. The van der Waals surface area contributed by atoms with Crippen LogP contribution in [0.15, 0.2) is 0 Å². The molecule has 0 amide bonds. The van der Waals surface area contributed by atoms with E-state index < -0.39 is 0 Å². The van der Waals surface area contributed by atoms with Gasteiger partial charge in [0.05, 0.1) is 0 Å². The van der Waals surface area contributed by atoms with E-state index >= 15 is 0 Å². The molecule has 0 N–H and O–H groups in total. The van der Waals surface area contributed by atoms with Gasteiger partial charge in [0.1, 0.15) is 0 Å². The molecule has 3 nitrogen and oxygen atoms in total. The first-order valence-electron chi connectivity index (χ1n) is 2.47. The number of hydrogen-bond acceptors (Lipinski definition) is 3. The molecule has 0 unspecified atom stereocenters. The van der Waals surface area contributed by atoms with Gasteiger partial charge in [-0.1, -0.05) is 0 Å². The zero-order valence-electron chi connectivity index (χ0n) is 7.57. The van der Waals surface area contributed by atoms with Crippen molar-refractivity contribution >= 4 is 69.0 Å². The number of hydrogen-bond donors (Lipinski definition) is 0. The van der Waals surface area contributed by atoms with E-state index in [1.807, 2.05) is 0 Å². The molecule has 0 aliphatic heterocycles. The molecule has 0 saturated carbocycles. The molecule has 0 aliphatic rings. The van der Waals surface area contributed by atoms with E-state index in [1.165, 1.54) is 8.46 Å². The molecule has 0 fully saturated rings. The van der Waals surface area contributed by atoms with Crippen LogP contribution in [0.25, 0.3) is 0 Å². The van der Waals surface area contributed by atoms with Crippen LogP contribution >= 0.6 is 48.6 Å². The van der Waals surface area contributed by atoms with Crippen LogP contribution in [0.1, 0.15) is 0 Å². The second-order valence-corrected chi connectivity index (χ2v) is 13.9. The van der Waals surface area contributed by atoms with Crippen LogP contribution in [0, 0.1) is 0 Å². The van der Waals surface area contributed by atoms with E-state index in [2.05, 4.69) is 81.1 Å². The van der Waals surface area contributed by atoms with Gasteiger partial charge in [-0.2, -0.15) is 0 Å². The Morgan fingerprint density at radius 3 is 0.846 bits per heavy atom. The van der Waals surface area contributed by atoms with Crippen LogP contribution in [0.2, 0.25) is 0 Å². The topological polar surface area (TPSA) is 51.2 Å². The second kappa shape index (κ2) is 70.5. The van der Waals surface area contributed by atoms with Gasteiger partial charge >= 0.3 is 49.1 Å². The first-order valence-corrected chi connectivity index (χ1v) is 12.6. The molecule has 13 heavy (non-hydrogen) atoms. The van der Waals surface area contributed by atoms with Crippen molar-refractivity contribution in [1.29, 1.82) is 0 Å². The van der Waals surface area contributed by atoms with Crippen LogP contribution in [0.4, 0.5) is 0 Å². The average Bonchev–Trinajstić information content (AvgIpc) is 2.14. The summed E-state index contributed by atoms with van der Waals surface area (Å²) in [5.41, 5.74) is 0. The summed E-state index contributed by atoms with van der Waals surface area (Å²) in [5, 5.41) is 0. The first-order chi connectivity index (χ1) is 6.15. The van der Waals surface area contributed by atoms with Gasteiger partial charge in [-0.15, -0.1) is 0 Å². The van der Waals surface area contributed by atoms with Crippen molar-refractivity contribution in [2.75, 3.05) is 20.0 Å². The third-order valence-corrected chi connectivity index (χ3v) is 0. The molecule has 0 spiro atoms. The molecule has 0 heterocycles. The number of halogens is 2. The molecule has 0 rings (SSSR count). The van der Waals surface area contributed by atoms with E-state index in [1.54, 1.807) is 0 Å². The fraction of sp³-hybridized carbons (Fsp3) is 0.500. The molecule has 0 aromatic carbocycles. The van der Waals surface area contributed by atoms with E-state index in [-0.39, 0.29) is 7.92 Å². The van der Waals surface area contributed by atoms with Crippen LogP contribution in [-0.2, 0) is 22.8 Å². The number of rotatable bonds is 0.